The lowest BCUT2D eigenvalue weighted by atomic mass is 9.97. The van der Waals surface area contributed by atoms with E-state index >= 15 is 0 Å². The minimum absolute atomic E-state index is 0.304. The summed E-state index contributed by atoms with van der Waals surface area (Å²) in [6.07, 6.45) is -11.8. The molecule has 0 aliphatic rings. The molecule has 3 amide bonds. The number of hydrogen-bond acceptors (Lipinski definition) is 6. The first kappa shape index (κ1) is 33.5. The van der Waals surface area contributed by atoms with Crippen molar-refractivity contribution < 1.29 is 50.2 Å². The van der Waals surface area contributed by atoms with Gasteiger partial charge in [-0.05, 0) is 48.3 Å². The number of aromatic nitrogens is 1. The number of benzene rings is 1. The van der Waals surface area contributed by atoms with Crippen LogP contribution < -0.4 is 16.2 Å². The van der Waals surface area contributed by atoms with Crippen molar-refractivity contribution in [3.05, 3.63) is 70.5 Å². The minimum Gasteiger partial charge on any atom is -0.444 e. The first-order chi connectivity index (χ1) is 18.8. The highest BCUT2D eigenvalue weighted by molar-refractivity contribution is 9.10. The van der Waals surface area contributed by atoms with Crippen LogP contribution in [0.1, 0.15) is 48.8 Å². The Balaban J connectivity index is 2.39. The Morgan fingerprint density at radius 2 is 1.63 bits per heavy atom. The highest BCUT2D eigenvalue weighted by Gasteiger charge is 2.61. The summed E-state index contributed by atoms with van der Waals surface area (Å²) in [5, 5.41) is 1.95. The van der Waals surface area contributed by atoms with E-state index in [2.05, 4.69) is 27.5 Å². The summed E-state index contributed by atoms with van der Waals surface area (Å²) in [5.74, 6) is -3.33. The molecule has 0 radical (unpaired) electrons. The summed E-state index contributed by atoms with van der Waals surface area (Å²) in [6, 6.07) is 7.98. The molecule has 224 valence electrons. The Morgan fingerprint density at radius 1 is 1.02 bits per heavy atom. The lowest BCUT2D eigenvalue weighted by Crippen LogP contribution is -2.61. The number of amides is 3. The average Bonchev–Trinajstić information content (AvgIpc) is 2.83. The van der Waals surface area contributed by atoms with Crippen molar-refractivity contribution in [2.45, 2.75) is 57.4 Å². The summed E-state index contributed by atoms with van der Waals surface area (Å²) in [4.78, 5) is 41.4. The van der Waals surface area contributed by atoms with Crippen LogP contribution in [0.4, 0.5) is 36.8 Å². The van der Waals surface area contributed by atoms with E-state index in [1.165, 1.54) is 32.9 Å². The van der Waals surface area contributed by atoms with Gasteiger partial charge in [-0.15, -0.1) is 6.58 Å². The van der Waals surface area contributed by atoms with Crippen molar-refractivity contribution in [2.24, 2.45) is 0 Å². The largest absolute Gasteiger partial charge is 0.444 e. The van der Waals surface area contributed by atoms with E-state index in [1.54, 1.807) is 29.1 Å². The lowest BCUT2D eigenvalue weighted by Gasteiger charge is -2.33. The Morgan fingerprint density at radius 3 is 2.15 bits per heavy atom. The highest BCUT2D eigenvalue weighted by atomic mass is 79.9. The zero-order chi connectivity index (χ0) is 31.2. The molecule has 1 aromatic carbocycles. The third-order valence-electron chi connectivity index (χ3n) is 5.01. The Kier molecular flexibility index (Phi) is 10.5. The average molecular weight is 655 g/mol. The molecule has 16 heteroatoms. The van der Waals surface area contributed by atoms with Gasteiger partial charge in [0.05, 0.1) is 17.9 Å². The third-order valence-corrected chi connectivity index (χ3v) is 5.61. The number of nitrogens with zero attached hydrogens (tertiary/aromatic N) is 1. The molecule has 0 unspecified atom stereocenters. The Bertz CT molecular complexity index is 1280. The molecule has 1 aromatic heterocycles. The summed E-state index contributed by atoms with van der Waals surface area (Å²) >= 11 is 2.58. The zero-order valence-electron chi connectivity index (χ0n) is 21.8. The van der Waals surface area contributed by atoms with E-state index < -0.39 is 76.0 Å². The lowest BCUT2D eigenvalue weighted by molar-refractivity contribution is -0.270. The quantitative estimate of drug-likeness (QED) is 0.138. The molecule has 3 N–H and O–H groups in total. The van der Waals surface area contributed by atoms with Crippen LogP contribution in [-0.2, 0) is 27.1 Å². The van der Waals surface area contributed by atoms with Crippen molar-refractivity contribution in [3.63, 3.8) is 0 Å². The van der Waals surface area contributed by atoms with Gasteiger partial charge >= 0.3 is 18.4 Å². The topological polar surface area (TPSA) is 119 Å². The van der Waals surface area contributed by atoms with Gasteiger partial charge in [-0.2, -0.15) is 26.3 Å². The summed E-state index contributed by atoms with van der Waals surface area (Å²) in [6.45, 7) is 6.98. The minimum atomic E-state index is -5.30. The van der Waals surface area contributed by atoms with Gasteiger partial charge in [0.2, 0.25) is 5.60 Å². The predicted octanol–water partition coefficient (Wildman–Crippen LogP) is 6.06. The third kappa shape index (κ3) is 8.91. The number of alkyl halides is 6. The number of halogens is 7. The van der Waals surface area contributed by atoms with E-state index in [-0.39, 0.29) is 0 Å². The van der Waals surface area contributed by atoms with Crippen LogP contribution in [0.25, 0.3) is 0 Å². The molecule has 2 rings (SSSR count). The number of rotatable bonds is 8. The molecule has 0 spiro atoms. The number of nitrogens with one attached hydrogen (secondary N) is 3. The van der Waals surface area contributed by atoms with Gasteiger partial charge in [0.1, 0.15) is 10.2 Å². The van der Waals surface area contributed by atoms with Crippen LogP contribution in [0, 0.1) is 0 Å². The molecule has 0 fully saturated rings. The second-order valence-electron chi connectivity index (χ2n) is 9.35. The Hall–Kier alpha value is -3.66. The standard InChI is InChI=1S/C25H25BrF6N4O5/c1-5-11-23(25(30,31)32,40-13-14-9-7-6-8-10-14)20(38)36-35-19(37)17-16(33-21(39)41-22(2,3)4)12-15(18(26)34-17)24(27,28)29/h5-10,12H,1,11,13H2,2-4H3,(H,33,39)(H,35,37)(H,36,38)/t23-/m1/s1. The molecule has 41 heavy (non-hydrogen) atoms. The number of anilines is 1. The van der Waals surface area contributed by atoms with Crippen molar-refractivity contribution in [2.75, 3.05) is 5.32 Å². The fraction of sp³-hybridized carbons (Fsp3) is 0.360. The van der Waals surface area contributed by atoms with Gasteiger partial charge in [0.15, 0.2) is 5.69 Å². The van der Waals surface area contributed by atoms with Gasteiger partial charge in [-0.3, -0.25) is 25.8 Å². The first-order valence-corrected chi connectivity index (χ1v) is 12.3. The molecule has 0 aliphatic heterocycles. The number of ether oxygens (including phenoxy) is 2. The van der Waals surface area contributed by atoms with Crippen LogP contribution in [0.3, 0.4) is 0 Å². The van der Waals surface area contributed by atoms with E-state index in [4.69, 9.17) is 9.47 Å². The smallest absolute Gasteiger partial charge is 0.427 e. The molecule has 9 nitrogen and oxygen atoms in total. The number of hydrazine groups is 1. The van der Waals surface area contributed by atoms with Crippen molar-refractivity contribution in [1.29, 1.82) is 0 Å². The van der Waals surface area contributed by atoms with Gasteiger partial charge in [-0.25, -0.2) is 9.78 Å². The SMILES string of the molecule is C=CC[C@@](OCc1ccccc1)(C(=O)NNC(=O)c1nc(Br)c(C(F)(F)F)cc1NC(=O)OC(C)(C)C)C(F)(F)F. The monoisotopic (exact) mass is 654 g/mol. The van der Waals surface area contributed by atoms with Gasteiger partial charge in [0.25, 0.3) is 11.8 Å². The van der Waals surface area contributed by atoms with Crippen molar-refractivity contribution in [3.8, 4) is 0 Å². The van der Waals surface area contributed by atoms with Crippen LogP contribution in [0.15, 0.2) is 53.7 Å². The van der Waals surface area contributed by atoms with Gasteiger partial charge in [0, 0.05) is 6.42 Å². The number of carbonyl (C=O) groups is 3. The first-order valence-electron chi connectivity index (χ1n) is 11.5. The summed E-state index contributed by atoms with van der Waals surface area (Å²) in [5.41, 5.74) is -4.14. The normalized spacial score (nSPS) is 13.5. The van der Waals surface area contributed by atoms with Gasteiger partial charge < -0.3 is 9.47 Å². The maximum Gasteiger partial charge on any atom is 0.427 e. The van der Waals surface area contributed by atoms with E-state index in [0.717, 1.165) is 6.08 Å². The summed E-state index contributed by atoms with van der Waals surface area (Å²) in [7, 11) is 0. The second kappa shape index (κ2) is 12.9. The molecule has 0 saturated heterocycles. The molecular weight excluding hydrogens is 630 g/mol. The molecule has 0 aliphatic carbocycles. The van der Waals surface area contributed by atoms with E-state index in [0.29, 0.717) is 11.6 Å². The molecule has 2 aromatic rings. The van der Waals surface area contributed by atoms with Crippen LogP contribution in [0.5, 0.6) is 0 Å². The fourth-order valence-electron chi connectivity index (χ4n) is 3.17. The van der Waals surface area contributed by atoms with Crippen LogP contribution in [0.2, 0.25) is 0 Å². The zero-order valence-corrected chi connectivity index (χ0v) is 23.4. The molecular formula is C25H25BrF6N4O5. The second-order valence-corrected chi connectivity index (χ2v) is 10.1. The maximum absolute atomic E-state index is 14.2. The number of pyridine rings is 1. The number of carbonyl (C=O) groups excluding carboxylic acids is 3. The Labute approximate surface area is 238 Å². The number of hydrogen-bond donors (Lipinski definition) is 3. The molecule has 0 bridgehead atoms. The van der Waals surface area contributed by atoms with E-state index in [9.17, 15) is 40.7 Å². The van der Waals surface area contributed by atoms with Crippen molar-refractivity contribution in [1.82, 2.24) is 15.8 Å². The van der Waals surface area contributed by atoms with Crippen LogP contribution >= 0.6 is 15.9 Å². The molecule has 1 heterocycles. The highest BCUT2D eigenvalue weighted by Crippen LogP contribution is 2.39. The summed E-state index contributed by atoms with van der Waals surface area (Å²) < 4.78 is 92.0. The predicted molar refractivity (Wildman–Crippen MR) is 137 cm³/mol. The van der Waals surface area contributed by atoms with Crippen LogP contribution in [-0.4, -0.2) is 40.3 Å². The van der Waals surface area contributed by atoms with E-state index in [1.807, 2.05) is 5.32 Å². The molecule has 0 saturated carbocycles. The fourth-order valence-corrected chi connectivity index (χ4v) is 3.69. The maximum atomic E-state index is 14.2. The van der Waals surface area contributed by atoms with Gasteiger partial charge in [-0.1, -0.05) is 36.4 Å². The molecule has 1 atom stereocenters. The van der Waals surface area contributed by atoms with Crippen molar-refractivity contribution >= 4 is 39.5 Å².